The maximum absolute atomic E-state index is 10.6. The summed E-state index contributed by atoms with van der Waals surface area (Å²) in [6, 6.07) is 9.07. The number of thiophene rings is 1. The van der Waals surface area contributed by atoms with Crippen LogP contribution in [0.1, 0.15) is 34.6 Å². The molecule has 4 heterocycles. The first kappa shape index (κ1) is 32.5. The SMILES string of the molecule is Cc1ccc(CN2CC[C@H]3O[C@@H](COCc4cccnc4)CC[C@H]32)s1.O=C(O)C(F)(F)F.O=C(O)C(F)(F)F. The van der Waals surface area contributed by atoms with Crippen molar-refractivity contribution in [3.8, 4) is 0 Å². The van der Waals surface area contributed by atoms with Crippen molar-refractivity contribution in [2.24, 2.45) is 0 Å². The molecule has 2 aliphatic heterocycles. The maximum Gasteiger partial charge on any atom is 0.490 e. The van der Waals surface area contributed by atoms with Crippen LogP contribution >= 0.6 is 11.3 Å². The van der Waals surface area contributed by atoms with Crippen molar-refractivity contribution in [1.82, 2.24) is 9.88 Å². The Labute approximate surface area is 224 Å². The minimum Gasteiger partial charge on any atom is -0.475 e. The summed E-state index contributed by atoms with van der Waals surface area (Å²) in [5.74, 6) is -5.51. The zero-order chi connectivity index (χ0) is 29.2. The van der Waals surface area contributed by atoms with Gasteiger partial charge >= 0.3 is 24.3 Å². The Kier molecular flexibility index (Phi) is 12.1. The van der Waals surface area contributed by atoms with Gasteiger partial charge in [0.2, 0.25) is 0 Å². The number of rotatable bonds is 6. The first-order valence-corrected chi connectivity index (χ1v) is 12.5. The molecular weight excluding hydrogens is 558 g/mol. The highest BCUT2D eigenvalue weighted by atomic mass is 32.1. The fraction of sp³-hybridized carbons (Fsp3) is 0.542. The number of carbonyl (C=O) groups is 2. The van der Waals surface area contributed by atoms with Gasteiger partial charge in [-0.1, -0.05) is 6.07 Å². The fourth-order valence-corrected chi connectivity index (χ4v) is 4.88. The molecule has 2 N–H and O–H groups in total. The molecule has 0 aliphatic carbocycles. The van der Waals surface area contributed by atoms with E-state index in [1.807, 2.05) is 29.7 Å². The van der Waals surface area contributed by atoms with Crippen molar-refractivity contribution in [3.63, 3.8) is 0 Å². The van der Waals surface area contributed by atoms with E-state index < -0.39 is 24.3 Å². The summed E-state index contributed by atoms with van der Waals surface area (Å²) in [6.07, 6.45) is -2.45. The second-order valence-corrected chi connectivity index (χ2v) is 10.1. The molecule has 0 amide bonds. The Morgan fingerprint density at radius 1 is 1.08 bits per heavy atom. The van der Waals surface area contributed by atoms with Crippen LogP contribution in [0.4, 0.5) is 26.3 Å². The molecular formula is C24H28F6N2O6S. The third-order valence-corrected chi connectivity index (χ3v) is 6.67. The van der Waals surface area contributed by atoms with Gasteiger partial charge in [0.05, 0.1) is 25.4 Å². The van der Waals surface area contributed by atoms with Crippen LogP contribution in [0.15, 0.2) is 36.7 Å². The van der Waals surface area contributed by atoms with E-state index in [9.17, 15) is 26.3 Å². The monoisotopic (exact) mass is 586 g/mol. The normalized spacial score (nSPS) is 21.2. The van der Waals surface area contributed by atoms with Crippen molar-refractivity contribution in [2.45, 2.75) is 69.9 Å². The summed E-state index contributed by atoms with van der Waals surface area (Å²) in [4.78, 5) is 27.4. The quantitative estimate of drug-likeness (QED) is 0.453. The summed E-state index contributed by atoms with van der Waals surface area (Å²) < 4.78 is 75.7. The zero-order valence-electron chi connectivity index (χ0n) is 20.7. The molecule has 0 spiro atoms. The predicted octanol–water partition coefficient (Wildman–Crippen LogP) is 5.06. The number of aromatic nitrogens is 1. The number of halogens is 6. The second kappa shape index (κ2) is 14.6. The first-order valence-electron chi connectivity index (χ1n) is 11.7. The number of aryl methyl sites for hydroxylation is 1. The van der Waals surface area contributed by atoms with Gasteiger partial charge in [-0.15, -0.1) is 11.3 Å². The van der Waals surface area contributed by atoms with E-state index in [0.717, 1.165) is 31.5 Å². The summed E-state index contributed by atoms with van der Waals surface area (Å²) in [5, 5.41) is 14.2. The van der Waals surface area contributed by atoms with Gasteiger partial charge in [0, 0.05) is 41.3 Å². The number of nitrogens with zero attached hydrogens (tertiary/aromatic N) is 2. The van der Waals surface area contributed by atoms with E-state index in [-0.39, 0.29) is 6.10 Å². The molecule has 0 saturated carbocycles. The Hall–Kier alpha value is -2.75. The number of hydrogen-bond acceptors (Lipinski definition) is 7. The third kappa shape index (κ3) is 11.5. The molecule has 2 aliphatic rings. The first-order chi connectivity index (χ1) is 18.2. The highest BCUT2D eigenvalue weighted by molar-refractivity contribution is 7.11. The van der Waals surface area contributed by atoms with Gasteiger partial charge in [-0.05, 0) is 49.9 Å². The molecule has 2 aromatic rings. The van der Waals surface area contributed by atoms with Gasteiger partial charge < -0.3 is 19.7 Å². The molecule has 0 unspecified atom stereocenters. The summed E-state index contributed by atoms with van der Waals surface area (Å²) in [7, 11) is 0. The van der Waals surface area contributed by atoms with Crippen molar-refractivity contribution >= 4 is 23.3 Å². The number of aliphatic carboxylic acids is 2. The number of carboxylic acid groups (broad SMARTS) is 2. The Morgan fingerprint density at radius 2 is 1.72 bits per heavy atom. The lowest BCUT2D eigenvalue weighted by Gasteiger charge is -2.35. The molecule has 8 nitrogen and oxygen atoms in total. The fourth-order valence-electron chi connectivity index (χ4n) is 3.97. The Balaban J connectivity index is 0.000000317. The van der Waals surface area contributed by atoms with E-state index in [1.165, 1.54) is 16.2 Å². The summed E-state index contributed by atoms with van der Waals surface area (Å²) in [6.45, 7) is 5.70. The molecule has 218 valence electrons. The van der Waals surface area contributed by atoms with Crippen LogP contribution in [-0.2, 0) is 32.2 Å². The molecule has 0 radical (unpaired) electrons. The molecule has 3 atom stereocenters. The average Bonchev–Trinajstić information content (AvgIpc) is 3.45. The lowest BCUT2D eigenvalue weighted by molar-refractivity contribution is -0.193. The topological polar surface area (TPSA) is 109 Å². The van der Waals surface area contributed by atoms with Gasteiger partial charge in [-0.2, -0.15) is 26.3 Å². The third-order valence-electron chi connectivity index (χ3n) is 5.69. The highest BCUT2D eigenvalue weighted by Crippen LogP contribution is 2.33. The molecule has 0 bridgehead atoms. The van der Waals surface area contributed by atoms with Crippen molar-refractivity contribution in [3.05, 3.63) is 52.0 Å². The van der Waals surface area contributed by atoms with E-state index in [2.05, 4.69) is 28.9 Å². The molecule has 2 fully saturated rings. The molecule has 0 aromatic carbocycles. The van der Waals surface area contributed by atoms with Gasteiger partial charge in [0.1, 0.15) is 0 Å². The van der Waals surface area contributed by atoms with E-state index in [0.29, 0.717) is 25.4 Å². The van der Waals surface area contributed by atoms with Crippen LogP contribution in [0.2, 0.25) is 0 Å². The van der Waals surface area contributed by atoms with Gasteiger partial charge in [0.15, 0.2) is 0 Å². The maximum atomic E-state index is 10.6. The number of alkyl halides is 6. The second-order valence-electron chi connectivity index (χ2n) is 8.69. The van der Waals surface area contributed by atoms with E-state index in [1.54, 1.807) is 6.20 Å². The molecule has 2 saturated heterocycles. The number of fused-ring (bicyclic) bond motifs is 1. The van der Waals surface area contributed by atoms with Crippen molar-refractivity contribution in [2.75, 3.05) is 13.2 Å². The molecule has 4 rings (SSSR count). The van der Waals surface area contributed by atoms with Crippen LogP contribution in [-0.4, -0.2) is 75.8 Å². The number of ether oxygens (including phenoxy) is 2. The van der Waals surface area contributed by atoms with E-state index >= 15 is 0 Å². The van der Waals surface area contributed by atoms with Crippen molar-refractivity contribution in [1.29, 1.82) is 0 Å². The van der Waals surface area contributed by atoms with Gasteiger partial charge in [-0.3, -0.25) is 9.88 Å². The molecule has 39 heavy (non-hydrogen) atoms. The van der Waals surface area contributed by atoms with Crippen LogP contribution in [0.3, 0.4) is 0 Å². The molecule has 2 aromatic heterocycles. The minimum absolute atomic E-state index is 0.238. The van der Waals surface area contributed by atoms with Gasteiger partial charge in [-0.25, -0.2) is 9.59 Å². The zero-order valence-corrected chi connectivity index (χ0v) is 21.6. The van der Waals surface area contributed by atoms with Crippen LogP contribution in [0, 0.1) is 6.92 Å². The molecule has 15 heteroatoms. The summed E-state index contributed by atoms with van der Waals surface area (Å²) in [5.41, 5.74) is 1.12. The predicted molar refractivity (Wildman–Crippen MR) is 127 cm³/mol. The highest BCUT2D eigenvalue weighted by Gasteiger charge is 2.40. The van der Waals surface area contributed by atoms with Crippen LogP contribution in [0.5, 0.6) is 0 Å². The lowest BCUT2D eigenvalue weighted by atomic mass is 9.99. The smallest absolute Gasteiger partial charge is 0.475 e. The lowest BCUT2D eigenvalue weighted by Crippen LogP contribution is -2.43. The standard InChI is InChI=1S/C20H26N2O2S.2C2HF3O2/c1-15-4-6-18(25-15)12-22-10-8-20-19(22)7-5-17(24-20)14-23-13-16-3-2-9-21-11-16;2*3-2(4,5)1(6)7/h2-4,6,9,11,17,19-20H,5,7-8,10,12-14H2,1H3;2*(H,6,7)/t17-,19-,20-;;/m1../s1. The number of pyridine rings is 1. The van der Waals surface area contributed by atoms with Crippen LogP contribution in [0.25, 0.3) is 0 Å². The van der Waals surface area contributed by atoms with E-state index in [4.69, 9.17) is 29.3 Å². The number of hydrogen-bond donors (Lipinski definition) is 2. The average molecular weight is 587 g/mol. The minimum atomic E-state index is -5.08. The van der Waals surface area contributed by atoms with Crippen LogP contribution < -0.4 is 0 Å². The largest absolute Gasteiger partial charge is 0.490 e. The Morgan fingerprint density at radius 3 is 2.23 bits per heavy atom. The number of carboxylic acids is 2. The van der Waals surface area contributed by atoms with Crippen molar-refractivity contribution < 1.29 is 55.6 Å². The number of likely N-dealkylation sites (tertiary alicyclic amines) is 1. The Bertz CT molecular complexity index is 1030. The summed E-state index contributed by atoms with van der Waals surface area (Å²) >= 11 is 1.92. The van der Waals surface area contributed by atoms with Gasteiger partial charge in [0.25, 0.3) is 0 Å².